The Hall–Kier alpha value is -2.34. The van der Waals surface area contributed by atoms with Crippen LogP contribution in [0.2, 0.25) is 0 Å². The van der Waals surface area contributed by atoms with E-state index in [2.05, 4.69) is 4.72 Å². The van der Waals surface area contributed by atoms with Crippen molar-refractivity contribution >= 4 is 15.9 Å². The van der Waals surface area contributed by atoms with Crippen LogP contribution in [0.1, 0.15) is 39.9 Å². The molecular weight excluding hydrogens is 338 g/mol. The van der Waals surface area contributed by atoms with Crippen LogP contribution in [-0.4, -0.2) is 19.6 Å². The van der Waals surface area contributed by atoms with Gasteiger partial charge < -0.3 is 4.74 Å². The van der Waals surface area contributed by atoms with E-state index in [-0.39, 0.29) is 5.56 Å². The number of nitrogens with one attached hydrogen (secondary N) is 1. The highest BCUT2D eigenvalue weighted by Crippen LogP contribution is 2.27. The number of hydrogen-bond donors (Lipinski definition) is 1. The number of sulfonamides is 1. The topological polar surface area (TPSA) is 72.5 Å². The summed E-state index contributed by atoms with van der Waals surface area (Å²) in [5.74, 6) is -0.0939. The molecule has 1 N–H and O–H groups in total. The Kier molecular flexibility index (Phi) is 4.81. The Balaban J connectivity index is 1.70. The molecule has 0 heterocycles. The zero-order chi connectivity index (χ0) is 18.0. The Morgan fingerprint density at radius 2 is 1.76 bits per heavy atom. The van der Waals surface area contributed by atoms with Gasteiger partial charge in [0.25, 0.3) is 5.91 Å². The van der Waals surface area contributed by atoms with E-state index in [1.54, 1.807) is 24.3 Å². The summed E-state index contributed by atoms with van der Waals surface area (Å²) in [5.41, 5.74) is 3.66. The molecule has 0 unspecified atom stereocenters. The van der Waals surface area contributed by atoms with E-state index in [0.717, 1.165) is 16.7 Å². The van der Waals surface area contributed by atoms with Gasteiger partial charge in [-0.2, -0.15) is 0 Å². The monoisotopic (exact) mass is 359 g/mol. The lowest BCUT2D eigenvalue weighted by Gasteiger charge is -2.12. The first-order chi connectivity index (χ1) is 11.9. The van der Waals surface area contributed by atoms with Crippen LogP contribution in [0.15, 0.2) is 42.5 Å². The fourth-order valence-electron chi connectivity index (χ4n) is 2.61. The molecule has 2 aromatic carbocycles. The van der Waals surface area contributed by atoms with Gasteiger partial charge in [-0.1, -0.05) is 24.3 Å². The van der Waals surface area contributed by atoms with Crippen molar-refractivity contribution < 1.29 is 17.9 Å². The molecule has 0 aliphatic heterocycles. The van der Waals surface area contributed by atoms with E-state index in [1.807, 2.05) is 32.0 Å². The average Bonchev–Trinajstić information content (AvgIpc) is 3.40. The molecule has 132 valence electrons. The van der Waals surface area contributed by atoms with Crippen LogP contribution < -0.4 is 9.46 Å². The van der Waals surface area contributed by atoms with Crippen molar-refractivity contribution in [2.45, 2.75) is 38.5 Å². The van der Waals surface area contributed by atoms with Gasteiger partial charge in [-0.15, -0.1) is 0 Å². The van der Waals surface area contributed by atoms with Crippen LogP contribution in [0, 0.1) is 13.8 Å². The molecule has 25 heavy (non-hydrogen) atoms. The van der Waals surface area contributed by atoms with Crippen LogP contribution in [-0.2, 0) is 16.6 Å². The average molecular weight is 359 g/mol. The third kappa shape index (κ3) is 4.20. The molecular formula is C19H21NO4S. The Morgan fingerprint density at radius 3 is 2.40 bits per heavy atom. The lowest BCUT2D eigenvalue weighted by Crippen LogP contribution is -2.33. The van der Waals surface area contributed by atoms with Crippen molar-refractivity contribution in [1.29, 1.82) is 0 Å². The minimum absolute atomic E-state index is 0.267. The summed E-state index contributed by atoms with van der Waals surface area (Å²) < 4.78 is 31.7. The number of amides is 1. The number of carbonyl (C=O) groups is 1. The summed E-state index contributed by atoms with van der Waals surface area (Å²) in [7, 11) is -3.55. The number of ether oxygens (including phenoxy) is 1. The summed E-state index contributed by atoms with van der Waals surface area (Å²) in [5, 5.41) is -0.431. The highest BCUT2D eigenvalue weighted by Gasteiger charge is 2.36. The van der Waals surface area contributed by atoms with Crippen LogP contribution in [0.5, 0.6) is 5.75 Å². The fraction of sp³-hybridized carbons (Fsp3) is 0.316. The van der Waals surface area contributed by atoms with Crippen LogP contribution in [0.3, 0.4) is 0 Å². The van der Waals surface area contributed by atoms with Crippen LogP contribution in [0.25, 0.3) is 0 Å². The number of benzene rings is 2. The maximum absolute atomic E-state index is 12.2. The molecule has 0 spiro atoms. The molecule has 3 rings (SSSR count). The van der Waals surface area contributed by atoms with Gasteiger partial charge in [-0.05, 0) is 61.6 Å². The number of rotatable bonds is 6. The molecule has 1 aliphatic rings. The molecule has 6 heteroatoms. The molecule has 2 aromatic rings. The summed E-state index contributed by atoms with van der Waals surface area (Å²) >= 11 is 0. The Morgan fingerprint density at radius 1 is 1.12 bits per heavy atom. The molecule has 1 saturated carbocycles. The second kappa shape index (κ2) is 6.88. The normalized spacial score (nSPS) is 14.2. The number of aryl methyl sites for hydroxylation is 2. The molecule has 1 fully saturated rings. The van der Waals surface area contributed by atoms with Crippen LogP contribution >= 0.6 is 0 Å². The molecule has 0 aromatic heterocycles. The summed E-state index contributed by atoms with van der Waals surface area (Å²) in [6.45, 7) is 4.44. The maximum atomic E-state index is 12.2. The van der Waals surface area contributed by atoms with Crippen molar-refractivity contribution in [1.82, 2.24) is 4.72 Å². The number of carbonyl (C=O) groups excluding carboxylic acids is 1. The summed E-state index contributed by atoms with van der Waals surface area (Å²) in [6.07, 6.45) is 1.23. The van der Waals surface area contributed by atoms with Crippen molar-refractivity contribution in [3.05, 3.63) is 64.7 Å². The minimum atomic E-state index is -3.55. The molecule has 0 atom stereocenters. The minimum Gasteiger partial charge on any atom is -0.489 e. The van der Waals surface area contributed by atoms with Gasteiger partial charge in [0.15, 0.2) is 0 Å². The van der Waals surface area contributed by atoms with Gasteiger partial charge in [-0.25, -0.2) is 13.1 Å². The third-order valence-corrected chi connectivity index (χ3v) is 6.14. The summed E-state index contributed by atoms with van der Waals surface area (Å²) in [6, 6.07) is 12.6. The van der Waals surface area contributed by atoms with Gasteiger partial charge in [-0.3, -0.25) is 4.79 Å². The molecule has 0 saturated heterocycles. The van der Waals surface area contributed by atoms with E-state index in [1.165, 1.54) is 0 Å². The van der Waals surface area contributed by atoms with E-state index in [4.69, 9.17) is 4.74 Å². The standard InChI is InChI=1S/C19H21NO4S/c1-13-5-3-6-14(2)18(13)12-24-16-8-4-7-15(11-16)19(21)20-25(22,23)17-9-10-17/h3-8,11,17H,9-10,12H2,1-2H3,(H,20,21). The van der Waals surface area contributed by atoms with Crippen molar-refractivity contribution in [2.24, 2.45) is 0 Å². The zero-order valence-electron chi connectivity index (χ0n) is 14.3. The van der Waals surface area contributed by atoms with E-state index in [0.29, 0.717) is 25.2 Å². The Labute approximate surface area is 148 Å². The predicted molar refractivity (Wildman–Crippen MR) is 96.1 cm³/mol. The quantitative estimate of drug-likeness (QED) is 0.860. The first kappa shape index (κ1) is 17.5. The first-order valence-corrected chi connectivity index (χ1v) is 9.75. The first-order valence-electron chi connectivity index (χ1n) is 8.21. The largest absolute Gasteiger partial charge is 0.489 e. The SMILES string of the molecule is Cc1cccc(C)c1COc1cccc(C(=O)NS(=O)(=O)C2CC2)c1. The van der Waals surface area contributed by atoms with E-state index < -0.39 is 21.2 Å². The van der Waals surface area contributed by atoms with Crippen molar-refractivity contribution in [2.75, 3.05) is 0 Å². The second-order valence-electron chi connectivity index (χ2n) is 6.36. The van der Waals surface area contributed by atoms with E-state index >= 15 is 0 Å². The second-order valence-corrected chi connectivity index (χ2v) is 8.32. The summed E-state index contributed by atoms with van der Waals surface area (Å²) in [4.78, 5) is 12.2. The molecule has 0 radical (unpaired) electrons. The van der Waals surface area contributed by atoms with Crippen LogP contribution in [0.4, 0.5) is 0 Å². The van der Waals surface area contributed by atoms with Gasteiger partial charge in [0.1, 0.15) is 12.4 Å². The Bertz CT molecular complexity index is 881. The fourth-order valence-corrected chi connectivity index (χ4v) is 3.91. The number of hydrogen-bond acceptors (Lipinski definition) is 4. The molecule has 1 amide bonds. The zero-order valence-corrected chi connectivity index (χ0v) is 15.1. The highest BCUT2D eigenvalue weighted by molar-refractivity contribution is 7.91. The predicted octanol–water partition coefficient (Wildman–Crippen LogP) is 3.10. The van der Waals surface area contributed by atoms with Gasteiger partial charge >= 0.3 is 0 Å². The van der Waals surface area contributed by atoms with Crippen molar-refractivity contribution in [3.63, 3.8) is 0 Å². The van der Waals surface area contributed by atoms with Gasteiger partial charge in [0.2, 0.25) is 10.0 Å². The molecule has 0 bridgehead atoms. The maximum Gasteiger partial charge on any atom is 0.264 e. The lowest BCUT2D eigenvalue weighted by atomic mass is 10.0. The van der Waals surface area contributed by atoms with Gasteiger partial charge in [0, 0.05) is 5.56 Å². The molecule has 5 nitrogen and oxygen atoms in total. The van der Waals surface area contributed by atoms with Crippen molar-refractivity contribution in [3.8, 4) is 5.75 Å². The third-order valence-electron chi connectivity index (χ3n) is 4.32. The molecule has 1 aliphatic carbocycles. The van der Waals surface area contributed by atoms with Gasteiger partial charge in [0.05, 0.1) is 5.25 Å². The van der Waals surface area contributed by atoms with E-state index in [9.17, 15) is 13.2 Å². The lowest BCUT2D eigenvalue weighted by molar-refractivity contribution is 0.0981. The smallest absolute Gasteiger partial charge is 0.264 e. The highest BCUT2D eigenvalue weighted by atomic mass is 32.2.